The normalized spacial score (nSPS) is 10.4. The molecule has 0 radical (unpaired) electrons. The van der Waals surface area contributed by atoms with Crippen LogP contribution in [-0.2, 0) is 14.3 Å². The fourth-order valence-corrected chi connectivity index (χ4v) is 2.08. The van der Waals surface area contributed by atoms with E-state index in [1.807, 2.05) is 0 Å². The summed E-state index contributed by atoms with van der Waals surface area (Å²) in [7, 11) is 2.81. The third-order valence-electron chi connectivity index (χ3n) is 3.48. The van der Waals surface area contributed by atoms with Crippen LogP contribution in [0.3, 0.4) is 0 Å². The third kappa shape index (κ3) is 5.31. The highest BCUT2D eigenvalue weighted by Gasteiger charge is 2.09. The number of carbonyl (C=O) groups is 3. The monoisotopic (exact) mass is 354 g/mol. The topological polar surface area (TPSA) is 78.9 Å². The third-order valence-corrected chi connectivity index (χ3v) is 3.48. The molecule has 134 valence electrons. The van der Waals surface area contributed by atoms with Crippen LogP contribution in [-0.4, -0.2) is 38.5 Å². The molecule has 0 aliphatic carbocycles. The molecule has 26 heavy (non-hydrogen) atoms. The van der Waals surface area contributed by atoms with Gasteiger partial charge in [-0.1, -0.05) is 24.3 Å². The maximum Gasteiger partial charge on any atom is 0.337 e. The van der Waals surface area contributed by atoms with Gasteiger partial charge in [0, 0.05) is 11.6 Å². The highest BCUT2D eigenvalue weighted by Crippen LogP contribution is 2.13. The number of benzene rings is 2. The Hall–Kier alpha value is -3.41. The summed E-state index contributed by atoms with van der Waals surface area (Å²) in [4.78, 5) is 35.1. The van der Waals surface area contributed by atoms with E-state index in [2.05, 4.69) is 4.74 Å². The Balaban J connectivity index is 1.88. The summed E-state index contributed by atoms with van der Waals surface area (Å²) in [5, 5.41) is 0. The van der Waals surface area contributed by atoms with Gasteiger partial charge in [0.2, 0.25) is 0 Å². The Labute approximate surface area is 151 Å². The molecule has 6 nitrogen and oxygen atoms in total. The van der Waals surface area contributed by atoms with Crippen molar-refractivity contribution in [2.45, 2.75) is 0 Å². The Morgan fingerprint density at radius 1 is 0.962 bits per heavy atom. The number of hydrogen-bond donors (Lipinski definition) is 0. The van der Waals surface area contributed by atoms with Gasteiger partial charge in [-0.2, -0.15) is 0 Å². The van der Waals surface area contributed by atoms with Gasteiger partial charge in [-0.3, -0.25) is 4.79 Å². The first kappa shape index (κ1) is 18.9. The van der Waals surface area contributed by atoms with Crippen molar-refractivity contribution in [2.75, 3.05) is 20.8 Å². The number of rotatable bonds is 7. The summed E-state index contributed by atoms with van der Waals surface area (Å²) in [6, 6.07) is 13.1. The molecular formula is C20H18O6. The van der Waals surface area contributed by atoms with Crippen molar-refractivity contribution in [3.8, 4) is 5.75 Å². The standard InChI is InChI=1S/C20H18O6/c1-24-17-5-3-4-16(12-17)18(21)13-26-19(22)11-8-14-6-9-15(10-7-14)20(23)25-2/h3-12H,13H2,1-2H3/b11-8+. The second-order valence-corrected chi connectivity index (χ2v) is 5.21. The van der Waals surface area contributed by atoms with E-state index in [0.29, 0.717) is 22.4 Å². The molecule has 2 aromatic rings. The Morgan fingerprint density at radius 3 is 2.35 bits per heavy atom. The minimum atomic E-state index is -0.640. The van der Waals surface area contributed by atoms with E-state index in [-0.39, 0.29) is 12.4 Å². The van der Waals surface area contributed by atoms with Crippen LogP contribution in [0.5, 0.6) is 5.75 Å². The second kappa shape index (κ2) is 9.17. The summed E-state index contributed by atoms with van der Waals surface area (Å²) in [6.07, 6.45) is 2.74. The first-order chi connectivity index (χ1) is 12.5. The quantitative estimate of drug-likeness (QED) is 0.432. The lowest BCUT2D eigenvalue weighted by Crippen LogP contribution is -2.12. The van der Waals surface area contributed by atoms with E-state index in [1.165, 1.54) is 26.4 Å². The van der Waals surface area contributed by atoms with E-state index in [4.69, 9.17) is 9.47 Å². The molecule has 0 amide bonds. The van der Waals surface area contributed by atoms with Gasteiger partial charge in [-0.25, -0.2) is 9.59 Å². The molecule has 0 saturated heterocycles. The van der Waals surface area contributed by atoms with Crippen molar-refractivity contribution in [3.05, 3.63) is 71.3 Å². The van der Waals surface area contributed by atoms with Crippen molar-refractivity contribution in [1.82, 2.24) is 0 Å². The summed E-state index contributed by atoms with van der Waals surface area (Å²) in [6.45, 7) is -0.363. The van der Waals surface area contributed by atoms with Gasteiger partial charge < -0.3 is 14.2 Å². The van der Waals surface area contributed by atoms with Gasteiger partial charge in [-0.15, -0.1) is 0 Å². The Kier molecular flexibility index (Phi) is 6.68. The molecule has 0 saturated carbocycles. The van der Waals surface area contributed by atoms with Gasteiger partial charge in [0.15, 0.2) is 12.4 Å². The van der Waals surface area contributed by atoms with Crippen molar-refractivity contribution < 1.29 is 28.6 Å². The van der Waals surface area contributed by atoms with E-state index in [9.17, 15) is 14.4 Å². The van der Waals surface area contributed by atoms with Gasteiger partial charge in [0.25, 0.3) is 0 Å². The Morgan fingerprint density at radius 2 is 1.69 bits per heavy atom. The molecule has 0 heterocycles. The van der Waals surface area contributed by atoms with Crippen LogP contribution in [0, 0.1) is 0 Å². The molecule has 0 aliphatic heterocycles. The van der Waals surface area contributed by atoms with Gasteiger partial charge >= 0.3 is 11.9 Å². The van der Waals surface area contributed by atoms with Gasteiger partial charge in [0.1, 0.15) is 5.75 Å². The maximum atomic E-state index is 12.0. The van der Waals surface area contributed by atoms with Crippen LogP contribution in [0.15, 0.2) is 54.6 Å². The minimum Gasteiger partial charge on any atom is -0.497 e. The highest BCUT2D eigenvalue weighted by atomic mass is 16.5. The molecule has 0 unspecified atom stereocenters. The molecular weight excluding hydrogens is 336 g/mol. The van der Waals surface area contributed by atoms with E-state index in [0.717, 1.165) is 0 Å². The first-order valence-electron chi connectivity index (χ1n) is 7.74. The largest absolute Gasteiger partial charge is 0.497 e. The minimum absolute atomic E-state index is 0.326. The molecule has 2 aromatic carbocycles. The molecule has 2 rings (SSSR count). The average Bonchev–Trinajstić information content (AvgIpc) is 2.70. The average molecular weight is 354 g/mol. The number of hydrogen-bond acceptors (Lipinski definition) is 6. The fraction of sp³-hybridized carbons (Fsp3) is 0.150. The number of ether oxygens (including phenoxy) is 3. The van der Waals surface area contributed by atoms with Crippen LogP contribution in [0.4, 0.5) is 0 Å². The van der Waals surface area contributed by atoms with Crippen LogP contribution in [0.25, 0.3) is 6.08 Å². The lowest BCUT2D eigenvalue weighted by Gasteiger charge is -2.04. The van der Waals surface area contributed by atoms with Crippen molar-refractivity contribution in [2.24, 2.45) is 0 Å². The van der Waals surface area contributed by atoms with Crippen LogP contribution in [0.2, 0.25) is 0 Å². The van der Waals surface area contributed by atoms with Crippen molar-refractivity contribution in [1.29, 1.82) is 0 Å². The van der Waals surface area contributed by atoms with Crippen LogP contribution < -0.4 is 4.74 Å². The zero-order valence-electron chi connectivity index (χ0n) is 14.4. The van der Waals surface area contributed by atoms with Crippen LogP contribution >= 0.6 is 0 Å². The highest BCUT2D eigenvalue weighted by molar-refractivity contribution is 5.99. The number of carbonyl (C=O) groups excluding carboxylic acids is 3. The zero-order valence-corrected chi connectivity index (χ0v) is 14.4. The van der Waals surface area contributed by atoms with Gasteiger partial charge in [0.05, 0.1) is 19.8 Å². The molecule has 0 N–H and O–H groups in total. The molecule has 0 spiro atoms. The van der Waals surface area contributed by atoms with Crippen LogP contribution in [0.1, 0.15) is 26.3 Å². The molecule has 0 aliphatic rings. The number of Topliss-reactive ketones (excluding diaryl/α,β-unsaturated/α-hetero) is 1. The molecule has 0 aromatic heterocycles. The number of ketones is 1. The number of esters is 2. The summed E-state index contributed by atoms with van der Waals surface area (Å²) < 4.78 is 14.6. The number of methoxy groups -OCH3 is 2. The Bertz CT molecular complexity index is 820. The van der Waals surface area contributed by atoms with E-state index >= 15 is 0 Å². The summed E-state index contributed by atoms with van der Waals surface area (Å²) in [5.41, 5.74) is 1.52. The molecule has 0 bridgehead atoms. The summed E-state index contributed by atoms with van der Waals surface area (Å²) >= 11 is 0. The lowest BCUT2D eigenvalue weighted by molar-refractivity contribution is -0.136. The fourth-order valence-electron chi connectivity index (χ4n) is 2.08. The maximum absolute atomic E-state index is 12.0. The predicted molar refractivity (Wildman–Crippen MR) is 95.1 cm³/mol. The SMILES string of the molecule is COC(=O)c1ccc(/C=C/C(=O)OCC(=O)c2cccc(OC)c2)cc1. The second-order valence-electron chi connectivity index (χ2n) is 5.21. The molecule has 0 fully saturated rings. The van der Waals surface area contributed by atoms with E-state index < -0.39 is 11.9 Å². The van der Waals surface area contributed by atoms with Crippen molar-refractivity contribution in [3.63, 3.8) is 0 Å². The van der Waals surface area contributed by atoms with Crippen molar-refractivity contribution >= 4 is 23.8 Å². The molecule has 0 atom stereocenters. The predicted octanol–water partition coefficient (Wildman–Crippen LogP) is 2.92. The summed E-state index contributed by atoms with van der Waals surface area (Å²) in [5.74, 6) is -0.847. The smallest absolute Gasteiger partial charge is 0.337 e. The molecule has 6 heteroatoms. The van der Waals surface area contributed by atoms with E-state index in [1.54, 1.807) is 48.5 Å². The van der Waals surface area contributed by atoms with Gasteiger partial charge in [-0.05, 0) is 35.9 Å². The lowest BCUT2D eigenvalue weighted by atomic mass is 10.1. The zero-order chi connectivity index (χ0) is 18.9. The first-order valence-corrected chi connectivity index (χ1v) is 7.74.